The Morgan fingerprint density at radius 3 is 2.44 bits per heavy atom. The van der Waals surface area contributed by atoms with Crippen molar-refractivity contribution in [3.8, 4) is 17.0 Å². The number of nitrogens with one attached hydrogen (secondary N) is 1. The predicted octanol–water partition coefficient (Wildman–Crippen LogP) is 6.12. The Morgan fingerprint density at radius 1 is 1.13 bits per heavy atom. The molecule has 0 atom stereocenters. The third-order valence-electron chi connectivity index (χ3n) is 8.54. The average Bonchev–Trinajstić information content (AvgIpc) is 3.64. The minimum absolute atomic E-state index is 0.287. The van der Waals surface area contributed by atoms with E-state index in [1.165, 1.54) is 24.8 Å². The lowest BCUT2D eigenvalue weighted by atomic mass is 9.81. The highest BCUT2D eigenvalue weighted by atomic mass is 32.2. The van der Waals surface area contributed by atoms with Crippen LogP contribution in [0.25, 0.3) is 22.2 Å². The third-order valence-corrected chi connectivity index (χ3v) is 10.2. The fourth-order valence-corrected chi connectivity index (χ4v) is 6.51. The quantitative estimate of drug-likeness (QED) is 0.324. The smallest absolute Gasteiger partial charge is 0.264 e. The van der Waals surface area contributed by atoms with Crippen molar-refractivity contribution in [3.05, 3.63) is 53.1 Å². The summed E-state index contributed by atoms with van der Waals surface area (Å²) in [5.74, 6) is 0.512. The molecular formula is C31H38N2O5S. The second kappa shape index (κ2) is 10.5. The van der Waals surface area contributed by atoms with Crippen LogP contribution in [0.5, 0.6) is 5.75 Å². The van der Waals surface area contributed by atoms with Crippen LogP contribution in [0.4, 0.5) is 0 Å². The van der Waals surface area contributed by atoms with Gasteiger partial charge in [0, 0.05) is 34.0 Å². The molecule has 2 aliphatic carbocycles. The van der Waals surface area contributed by atoms with Gasteiger partial charge in [-0.2, -0.15) is 0 Å². The molecule has 1 amide bonds. The monoisotopic (exact) mass is 550 g/mol. The lowest BCUT2D eigenvalue weighted by Gasteiger charge is -2.25. The standard InChI is InChI=1S/C31H38N2O5S/c1-20(2)39(36,37)32-30(35)23-10-12-26-27(17-23)33(18-31(19-34)14-15-31)29(28(26)22-8-6-5-7-9-22)25-13-11-24(38-4)16-21(25)3/h10-13,16-17,19-20,22H,5-9,14-15,18H2,1-4H3,(H,32,35). The molecule has 1 heterocycles. The van der Waals surface area contributed by atoms with Crippen LogP contribution in [0.15, 0.2) is 36.4 Å². The van der Waals surface area contributed by atoms with Crippen LogP contribution in [0.2, 0.25) is 0 Å². The number of hydrogen-bond donors (Lipinski definition) is 1. The van der Waals surface area contributed by atoms with E-state index in [1.54, 1.807) is 33.1 Å². The van der Waals surface area contributed by atoms with Gasteiger partial charge in [-0.1, -0.05) is 25.3 Å². The molecule has 2 aromatic carbocycles. The fourth-order valence-electron chi connectivity index (χ4n) is 5.90. The highest BCUT2D eigenvalue weighted by Gasteiger charge is 2.44. The van der Waals surface area contributed by atoms with Crippen LogP contribution in [0, 0.1) is 12.3 Å². The number of ether oxygens (including phenoxy) is 1. The van der Waals surface area contributed by atoms with Crippen LogP contribution in [0.1, 0.15) is 86.2 Å². The molecule has 1 N–H and O–H groups in total. The molecule has 8 heteroatoms. The number of carbonyl (C=O) groups excluding carboxylic acids is 2. The van der Waals surface area contributed by atoms with Crippen molar-refractivity contribution in [2.75, 3.05) is 7.11 Å². The summed E-state index contributed by atoms with van der Waals surface area (Å²) < 4.78 is 34.8. The lowest BCUT2D eigenvalue weighted by molar-refractivity contribution is -0.112. The molecule has 1 aromatic heterocycles. The number of aromatic nitrogens is 1. The number of rotatable bonds is 9. The zero-order valence-corrected chi connectivity index (χ0v) is 24.1. The molecule has 7 nitrogen and oxygen atoms in total. The third kappa shape index (κ3) is 5.23. The van der Waals surface area contributed by atoms with E-state index in [-0.39, 0.29) is 5.56 Å². The summed E-state index contributed by atoms with van der Waals surface area (Å²) in [6.45, 7) is 5.68. The Morgan fingerprint density at radius 2 is 1.85 bits per heavy atom. The van der Waals surface area contributed by atoms with Gasteiger partial charge in [0.2, 0.25) is 10.0 Å². The number of sulfonamides is 1. The Labute approximate surface area is 231 Å². The lowest BCUT2D eigenvalue weighted by Crippen LogP contribution is -2.35. The number of nitrogens with zero attached hydrogens (tertiary/aromatic N) is 1. The number of carbonyl (C=O) groups is 2. The maximum Gasteiger partial charge on any atom is 0.264 e. The normalized spacial score (nSPS) is 17.4. The van der Waals surface area contributed by atoms with Gasteiger partial charge in [0.05, 0.1) is 18.1 Å². The van der Waals surface area contributed by atoms with Gasteiger partial charge in [0.25, 0.3) is 5.91 Å². The average molecular weight is 551 g/mol. The molecule has 208 valence electrons. The summed E-state index contributed by atoms with van der Waals surface area (Å²) in [6.07, 6.45) is 8.51. The zero-order chi connectivity index (χ0) is 27.9. The molecule has 0 bridgehead atoms. The van der Waals surface area contributed by atoms with Crippen molar-refractivity contribution in [2.45, 2.75) is 83.4 Å². The molecule has 0 saturated heterocycles. The topological polar surface area (TPSA) is 94.5 Å². The van der Waals surface area contributed by atoms with Crippen molar-refractivity contribution >= 4 is 33.1 Å². The largest absolute Gasteiger partial charge is 0.497 e. The van der Waals surface area contributed by atoms with Gasteiger partial charge in [0.1, 0.15) is 12.0 Å². The van der Waals surface area contributed by atoms with Gasteiger partial charge in [-0.3, -0.25) is 4.79 Å². The Hall–Kier alpha value is -3.13. The summed E-state index contributed by atoms with van der Waals surface area (Å²) in [5.41, 5.74) is 5.26. The van der Waals surface area contributed by atoms with Crippen molar-refractivity contribution in [2.24, 2.45) is 5.41 Å². The maximum atomic E-state index is 13.1. The van der Waals surface area contributed by atoms with Gasteiger partial charge >= 0.3 is 0 Å². The van der Waals surface area contributed by atoms with E-state index >= 15 is 0 Å². The summed E-state index contributed by atoms with van der Waals surface area (Å²) >= 11 is 0. The van der Waals surface area contributed by atoms with Gasteiger partial charge in [0.15, 0.2) is 0 Å². The molecule has 0 radical (unpaired) electrons. The maximum absolute atomic E-state index is 13.1. The predicted molar refractivity (Wildman–Crippen MR) is 154 cm³/mol. The van der Waals surface area contributed by atoms with Gasteiger partial charge in [-0.25, -0.2) is 13.1 Å². The van der Waals surface area contributed by atoms with Gasteiger partial charge in [-0.05, 0) is 93.8 Å². The van der Waals surface area contributed by atoms with Crippen molar-refractivity contribution in [3.63, 3.8) is 0 Å². The summed E-state index contributed by atoms with van der Waals surface area (Å²) in [5, 5.41) is 0.344. The number of aryl methyl sites for hydroxylation is 1. The minimum Gasteiger partial charge on any atom is -0.497 e. The van der Waals surface area contributed by atoms with Crippen LogP contribution >= 0.6 is 0 Å². The number of benzene rings is 2. The first-order valence-corrected chi connectivity index (χ1v) is 15.5. The van der Waals surface area contributed by atoms with E-state index in [4.69, 9.17) is 4.74 Å². The van der Waals surface area contributed by atoms with E-state index in [2.05, 4.69) is 22.3 Å². The SMILES string of the molecule is COc1ccc(-c2c(C3CCCCC3)c3ccc(C(=O)NS(=O)(=O)C(C)C)cc3n2CC2(C=O)CC2)c(C)c1. The molecule has 39 heavy (non-hydrogen) atoms. The molecule has 2 aliphatic rings. The van der Waals surface area contributed by atoms with E-state index in [1.807, 2.05) is 18.2 Å². The Bertz CT molecular complexity index is 1530. The molecule has 0 unspecified atom stereocenters. The Kier molecular flexibility index (Phi) is 7.35. The second-order valence-corrected chi connectivity index (χ2v) is 13.8. The second-order valence-electron chi connectivity index (χ2n) is 11.6. The van der Waals surface area contributed by atoms with Crippen molar-refractivity contribution < 1.29 is 22.7 Å². The minimum atomic E-state index is -3.77. The molecule has 2 fully saturated rings. The van der Waals surface area contributed by atoms with Gasteiger partial charge < -0.3 is 14.1 Å². The molecule has 3 aromatic rings. The number of aldehydes is 1. The Balaban J connectivity index is 1.75. The van der Waals surface area contributed by atoms with Crippen molar-refractivity contribution in [1.82, 2.24) is 9.29 Å². The first kappa shape index (κ1) is 27.4. The highest BCUT2D eigenvalue weighted by molar-refractivity contribution is 7.90. The summed E-state index contributed by atoms with van der Waals surface area (Å²) in [4.78, 5) is 25.3. The zero-order valence-electron chi connectivity index (χ0n) is 23.2. The first-order chi connectivity index (χ1) is 18.6. The van der Waals surface area contributed by atoms with Crippen LogP contribution in [0.3, 0.4) is 0 Å². The summed E-state index contributed by atoms with van der Waals surface area (Å²) in [7, 11) is -2.11. The van der Waals surface area contributed by atoms with Crippen LogP contribution in [-0.4, -0.2) is 37.5 Å². The number of fused-ring (bicyclic) bond motifs is 1. The number of methoxy groups -OCH3 is 1. The van der Waals surface area contributed by atoms with E-state index in [0.29, 0.717) is 12.5 Å². The van der Waals surface area contributed by atoms with Crippen LogP contribution < -0.4 is 9.46 Å². The molecule has 0 aliphatic heterocycles. The van der Waals surface area contributed by atoms with Crippen molar-refractivity contribution in [1.29, 1.82) is 0 Å². The fraction of sp³-hybridized carbons (Fsp3) is 0.484. The molecule has 5 rings (SSSR count). The number of hydrogen-bond acceptors (Lipinski definition) is 5. The van der Waals surface area contributed by atoms with Gasteiger partial charge in [-0.15, -0.1) is 0 Å². The van der Waals surface area contributed by atoms with E-state index in [0.717, 1.165) is 65.4 Å². The van der Waals surface area contributed by atoms with E-state index < -0.39 is 26.6 Å². The molecular weight excluding hydrogens is 512 g/mol. The molecule has 0 spiro atoms. The number of amides is 1. The highest BCUT2D eigenvalue weighted by Crippen LogP contribution is 2.50. The molecule has 2 saturated carbocycles. The first-order valence-electron chi connectivity index (χ1n) is 13.9. The summed E-state index contributed by atoms with van der Waals surface area (Å²) in [6, 6.07) is 11.6. The van der Waals surface area contributed by atoms with E-state index in [9.17, 15) is 18.0 Å². The van der Waals surface area contributed by atoms with Crippen LogP contribution in [-0.2, 0) is 21.4 Å².